The van der Waals surface area contributed by atoms with Crippen molar-refractivity contribution in [3.63, 3.8) is 0 Å². The lowest BCUT2D eigenvalue weighted by atomic mass is 10.2. The number of rotatable bonds is 9. The van der Waals surface area contributed by atoms with E-state index in [-0.39, 0.29) is 0 Å². The highest BCUT2D eigenvalue weighted by Crippen LogP contribution is 2.34. The summed E-state index contributed by atoms with van der Waals surface area (Å²) in [5, 5.41) is 6.35. The lowest BCUT2D eigenvalue weighted by Crippen LogP contribution is -2.68. The Hall–Kier alpha value is -7.81. The maximum absolute atomic E-state index is 7.18. The van der Waals surface area contributed by atoms with Crippen molar-refractivity contribution in [1.82, 2.24) is 24.1 Å². The Morgan fingerprint density at radius 1 is 0.339 bits per heavy atom. The smallest absolute Gasteiger partial charge is 0.506 e. The van der Waals surface area contributed by atoms with Crippen LogP contribution in [0.15, 0.2) is 212 Å². The van der Waals surface area contributed by atoms with Gasteiger partial charge in [0.2, 0.25) is 11.9 Å². The zero-order chi connectivity index (χ0) is 39.2. The molecule has 0 amide bonds. The highest BCUT2D eigenvalue weighted by molar-refractivity contribution is 6.93. The maximum Gasteiger partial charge on any atom is 0.531 e. The van der Waals surface area contributed by atoms with Crippen molar-refractivity contribution in [3.05, 3.63) is 212 Å². The first-order valence-corrected chi connectivity index (χ1v) is 21.4. The van der Waals surface area contributed by atoms with Crippen LogP contribution in [0.3, 0.4) is 0 Å². The quantitative estimate of drug-likeness (QED) is 0.137. The molecule has 0 radical (unpaired) electrons. The van der Waals surface area contributed by atoms with Gasteiger partial charge >= 0.3 is 8.56 Å². The van der Waals surface area contributed by atoms with E-state index in [4.69, 9.17) is 23.8 Å². The standard InChI is InChI=1S/C51H35N5O2Si/c1-4-20-37(21-5-1)57-59(39-24-8-3-9-25-39,58-38-22-6-2-7-23-38)40-26-18-19-36(35-40)49-52-50(55-45-31-14-10-27-41(45)42-28-11-15-32-46(42)55)54-51(53-49)56-47-33-16-12-29-43(47)44-30-13-17-34-48(44)56/h1-35H. The van der Waals surface area contributed by atoms with Crippen LogP contribution in [0.4, 0.5) is 0 Å². The molecule has 7 nitrogen and oxygen atoms in total. The number of benzene rings is 8. The monoisotopic (exact) mass is 777 g/mol. The molecule has 3 aromatic heterocycles. The fourth-order valence-corrected chi connectivity index (χ4v) is 11.3. The van der Waals surface area contributed by atoms with E-state index in [0.717, 1.165) is 59.5 Å². The van der Waals surface area contributed by atoms with E-state index < -0.39 is 8.56 Å². The lowest BCUT2D eigenvalue weighted by molar-refractivity contribution is 0.417. The Bertz CT molecular complexity index is 3010. The second kappa shape index (κ2) is 14.3. The minimum Gasteiger partial charge on any atom is -0.506 e. The highest BCUT2D eigenvalue weighted by Gasteiger charge is 2.48. The molecule has 0 bridgehead atoms. The van der Waals surface area contributed by atoms with Gasteiger partial charge in [-0.3, -0.25) is 9.13 Å². The fourth-order valence-electron chi connectivity index (χ4n) is 8.21. The van der Waals surface area contributed by atoms with Gasteiger partial charge in [-0.05, 0) is 54.6 Å². The minimum absolute atomic E-state index is 0.516. The van der Waals surface area contributed by atoms with E-state index in [1.807, 2.05) is 84.9 Å². The van der Waals surface area contributed by atoms with Gasteiger partial charge in [0.05, 0.1) is 22.1 Å². The van der Waals surface area contributed by atoms with E-state index in [2.05, 4.69) is 137 Å². The molecular weight excluding hydrogens is 743 g/mol. The zero-order valence-corrected chi connectivity index (χ0v) is 32.8. The number of hydrogen-bond acceptors (Lipinski definition) is 5. The van der Waals surface area contributed by atoms with Crippen molar-refractivity contribution in [2.75, 3.05) is 0 Å². The second-order valence-corrected chi connectivity index (χ2v) is 17.2. The van der Waals surface area contributed by atoms with Gasteiger partial charge in [0.1, 0.15) is 11.5 Å². The third-order valence-electron chi connectivity index (χ3n) is 10.8. The minimum atomic E-state index is -3.55. The molecule has 280 valence electrons. The first-order chi connectivity index (χ1) is 29.2. The molecule has 0 unspecified atom stereocenters. The molecule has 3 heterocycles. The molecule has 11 rings (SSSR count). The van der Waals surface area contributed by atoms with Gasteiger partial charge in [0.15, 0.2) is 5.82 Å². The van der Waals surface area contributed by atoms with Crippen LogP contribution in [0, 0.1) is 0 Å². The second-order valence-electron chi connectivity index (χ2n) is 14.4. The zero-order valence-electron chi connectivity index (χ0n) is 31.8. The molecule has 0 saturated heterocycles. The van der Waals surface area contributed by atoms with Crippen LogP contribution in [0.2, 0.25) is 0 Å². The van der Waals surface area contributed by atoms with E-state index in [1.54, 1.807) is 0 Å². The summed E-state index contributed by atoms with van der Waals surface area (Å²) in [7, 11) is -3.55. The van der Waals surface area contributed by atoms with Crippen molar-refractivity contribution in [2.24, 2.45) is 0 Å². The molecule has 0 aliphatic carbocycles. The number of fused-ring (bicyclic) bond motifs is 6. The van der Waals surface area contributed by atoms with Crippen molar-refractivity contribution in [1.29, 1.82) is 0 Å². The third-order valence-corrected chi connectivity index (χ3v) is 14.0. The summed E-state index contributed by atoms with van der Waals surface area (Å²) in [6.45, 7) is 0. The Morgan fingerprint density at radius 3 is 1.15 bits per heavy atom. The fraction of sp³-hybridized carbons (Fsp3) is 0. The molecule has 0 fully saturated rings. The van der Waals surface area contributed by atoms with Gasteiger partial charge in [-0.2, -0.15) is 15.0 Å². The maximum atomic E-state index is 7.18. The summed E-state index contributed by atoms with van der Waals surface area (Å²) < 4.78 is 18.7. The van der Waals surface area contributed by atoms with Gasteiger partial charge in [-0.25, -0.2) is 0 Å². The summed E-state index contributed by atoms with van der Waals surface area (Å²) in [6, 6.07) is 72.1. The first kappa shape index (κ1) is 34.4. The normalized spacial score (nSPS) is 11.7. The van der Waals surface area contributed by atoms with Crippen LogP contribution in [0.1, 0.15) is 0 Å². The first-order valence-electron chi connectivity index (χ1n) is 19.6. The van der Waals surface area contributed by atoms with Crippen LogP contribution in [-0.2, 0) is 0 Å². The molecule has 0 N–H and O–H groups in total. The van der Waals surface area contributed by atoms with Crippen LogP contribution in [-0.4, -0.2) is 32.6 Å². The topological polar surface area (TPSA) is 67.0 Å². The van der Waals surface area contributed by atoms with Crippen LogP contribution in [0.5, 0.6) is 11.5 Å². The number of nitrogens with zero attached hydrogens (tertiary/aromatic N) is 5. The summed E-state index contributed by atoms with van der Waals surface area (Å²) in [5.41, 5.74) is 4.84. The van der Waals surface area contributed by atoms with Crippen molar-refractivity contribution >= 4 is 62.5 Å². The molecule has 0 aliphatic rings. The Labute approximate surface area is 341 Å². The molecular formula is C51H35N5O2Si. The average molecular weight is 778 g/mol. The SMILES string of the molecule is c1ccc(O[Si](Oc2ccccc2)(c2ccccc2)c2cccc(-c3nc(-n4c5ccccc5c5ccccc54)nc(-n4c5ccccc5c5ccccc54)n3)c2)cc1. The van der Waals surface area contributed by atoms with Gasteiger partial charge in [0.25, 0.3) is 0 Å². The van der Waals surface area contributed by atoms with E-state index in [1.165, 1.54) is 0 Å². The number of hydrogen-bond donors (Lipinski definition) is 0. The molecule has 8 heteroatoms. The van der Waals surface area contributed by atoms with Crippen LogP contribution in [0.25, 0.3) is 66.9 Å². The summed E-state index contributed by atoms with van der Waals surface area (Å²) >= 11 is 0. The predicted octanol–water partition coefficient (Wildman–Crippen LogP) is 10.4. The summed E-state index contributed by atoms with van der Waals surface area (Å²) in [4.78, 5) is 16.0. The Balaban J connectivity index is 1.18. The average Bonchev–Trinajstić information content (AvgIpc) is 3.83. The van der Waals surface area contributed by atoms with E-state index in [0.29, 0.717) is 29.2 Å². The molecule has 11 aromatic rings. The molecule has 59 heavy (non-hydrogen) atoms. The third kappa shape index (κ3) is 5.93. The number of para-hydroxylation sites is 6. The van der Waals surface area contributed by atoms with Crippen molar-refractivity contribution in [3.8, 4) is 34.8 Å². The highest BCUT2D eigenvalue weighted by atomic mass is 28.4. The molecule has 0 atom stereocenters. The Kier molecular flexibility index (Phi) is 8.34. The summed E-state index contributed by atoms with van der Waals surface area (Å²) in [5.74, 6) is 2.98. The number of aromatic nitrogens is 5. The van der Waals surface area contributed by atoms with Gasteiger partial charge in [-0.15, -0.1) is 0 Å². The molecule has 0 saturated carbocycles. The summed E-state index contributed by atoms with van der Waals surface area (Å²) in [6.07, 6.45) is 0. The predicted molar refractivity (Wildman–Crippen MR) is 240 cm³/mol. The van der Waals surface area contributed by atoms with Crippen LogP contribution >= 0.6 is 0 Å². The van der Waals surface area contributed by atoms with Crippen molar-refractivity contribution in [2.45, 2.75) is 0 Å². The largest absolute Gasteiger partial charge is 0.531 e. The lowest BCUT2D eigenvalue weighted by Gasteiger charge is -2.32. The van der Waals surface area contributed by atoms with Gasteiger partial charge in [-0.1, -0.05) is 158 Å². The molecule has 0 aliphatic heterocycles. The Morgan fingerprint density at radius 2 is 0.712 bits per heavy atom. The van der Waals surface area contributed by atoms with Crippen molar-refractivity contribution < 1.29 is 8.85 Å². The van der Waals surface area contributed by atoms with Crippen LogP contribution < -0.4 is 19.2 Å². The van der Waals surface area contributed by atoms with Gasteiger partial charge in [0, 0.05) is 37.5 Å². The molecule has 0 spiro atoms. The van der Waals surface area contributed by atoms with E-state index in [9.17, 15) is 0 Å². The van der Waals surface area contributed by atoms with E-state index >= 15 is 0 Å². The molecule has 8 aromatic carbocycles. The van der Waals surface area contributed by atoms with Gasteiger partial charge < -0.3 is 8.85 Å².